The first-order valence-electron chi connectivity index (χ1n) is 4.59. The molecule has 4 N–H and O–H groups in total. The molecule has 0 aliphatic carbocycles. The molecule has 0 fully saturated rings. The molecule has 0 saturated heterocycles. The van der Waals surface area contributed by atoms with Crippen LogP contribution in [0.4, 0.5) is 0 Å². The van der Waals surface area contributed by atoms with Gasteiger partial charge >= 0.3 is 5.97 Å². The van der Waals surface area contributed by atoms with Crippen molar-refractivity contribution in [2.24, 2.45) is 5.41 Å². The van der Waals surface area contributed by atoms with E-state index in [0.717, 1.165) is 0 Å². The SMILES string of the molecule is CC(C)(CO)[C@@H](O)C(=O)NCCC(=O)O.[Co]. The normalized spacial score (nSPS) is 12.5. The molecule has 97 valence electrons. The van der Waals surface area contributed by atoms with Gasteiger partial charge in [0, 0.05) is 28.7 Å². The fraction of sp³-hybridized carbons (Fsp3) is 0.778. The zero-order chi connectivity index (χ0) is 12.1. The summed E-state index contributed by atoms with van der Waals surface area (Å²) in [5.41, 5.74) is -0.937. The molecule has 0 rings (SSSR count). The van der Waals surface area contributed by atoms with Crippen LogP contribution in [0.2, 0.25) is 0 Å². The smallest absolute Gasteiger partial charge is 0.305 e. The molecule has 0 aromatic rings. The van der Waals surface area contributed by atoms with E-state index < -0.39 is 23.4 Å². The average molecular weight is 278 g/mol. The van der Waals surface area contributed by atoms with E-state index in [4.69, 9.17) is 10.2 Å². The van der Waals surface area contributed by atoms with Gasteiger partial charge in [0.15, 0.2) is 0 Å². The van der Waals surface area contributed by atoms with Crippen LogP contribution >= 0.6 is 0 Å². The standard InChI is InChI=1S/C9H17NO5.Co/c1-9(2,5-11)7(14)8(15)10-4-3-6(12)13;/h7,11,14H,3-5H2,1-2H3,(H,10,15)(H,12,13);/t7-;/m0./s1. The third kappa shape index (κ3) is 6.06. The summed E-state index contributed by atoms with van der Waals surface area (Å²) in [7, 11) is 0. The molecule has 0 bridgehead atoms. The number of aliphatic hydroxyl groups excluding tert-OH is 2. The van der Waals surface area contributed by atoms with Crippen molar-refractivity contribution >= 4 is 11.9 Å². The fourth-order valence-electron chi connectivity index (χ4n) is 0.831. The number of hydrogen-bond acceptors (Lipinski definition) is 4. The monoisotopic (exact) mass is 278 g/mol. The van der Waals surface area contributed by atoms with Crippen LogP contribution in [0.15, 0.2) is 0 Å². The van der Waals surface area contributed by atoms with Gasteiger partial charge in [-0.1, -0.05) is 13.8 Å². The number of carbonyl (C=O) groups excluding carboxylic acids is 1. The van der Waals surface area contributed by atoms with Crippen LogP contribution < -0.4 is 5.32 Å². The molecule has 0 spiro atoms. The van der Waals surface area contributed by atoms with Crippen molar-refractivity contribution < 1.29 is 41.7 Å². The Morgan fingerprint density at radius 1 is 1.38 bits per heavy atom. The molecule has 1 amide bonds. The number of nitrogens with one attached hydrogen (secondary N) is 1. The van der Waals surface area contributed by atoms with E-state index in [1.54, 1.807) is 0 Å². The number of carboxylic acid groups (broad SMARTS) is 1. The second-order valence-electron chi connectivity index (χ2n) is 3.98. The van der Waals surface area contributed by atoms with Gasteiger partial charge in [0.25, 0.3) is 0 Å². The van der Waals surface area contributed by atoms with Crippen LogP contribution in [0.1, 0.15) is 20.3 Å². The molecule has 0 aromatic heterocycles. The fourth-order valence-corrected chi connectivity index (χ4v) is 0.831. The maximum absolute atomic E-state index is 11.3. The van der Waals surface area contributed by atoms with E-state index in [2.05, 4.69) is 5.32 Å². The third-order valence-corrected chi connectivity index (χ3v) is 2.03. The minimum atomic E-state index is -1.35. The van der Waals surface area contributed by atoms with Crippen molar-refractivity contribution in [1.29, 1.82) is 0 Å². The Labute approximate surface area is 104 Å². The molecule has 0 aliphatic rings. The molecular weight excluding hydrogens is 261 g/mol. The first-order valence-corrected chi connectivity index (χ1v) is 4.59. The number of carboxylic acids is 1. The zero-order valence-electron chi connectivity index (χ0n) is 9.19. The van der Waals surface area contributed by atoms with E-state index in [0.29, 0.717) is 0 Å². The Balaban J connectivity index is 0. The largest absolute Gasteiger partial charge is 0.481 e. The first kappa shape index (κ1) is 17.8. The Bertz CT molecular complexity index is 244. The van der Waals surface area contributed by atoms with Gasteiger partial charge in [-0.05, 0) is 0 Å². The van der Waals surface area contributed by atoms with Gasteiger partial charge in [0.2, 0.25) is 5.91 Å². The van der Waals surface area contributed by atoms with Crippen molar-refractivity contribution in [3.05, 3.63) is 0 Å². The van der Waals surface area contributed by atoms with Gasteiger partial charge in [-0.2, -0.15) is 0 Å². The summed E-state index contributed by atoms with van der Waals surface area (Å²) in [4.78, 5) is 21.4. The van der Waals surface area contributed by atoms with Crippen LogP contribution in [-0.4, -0.2) is 46.5 Å². The van der Waals surface area contributed by atoms with Crippen molar-refractivity contribution in [3.8, 4) is 0 Å². The number of carbonyl (C=O) groups is 2. The maximum atomic E-state index is 11.3. The Morgan fingerprint density at radius 3 is 2.25 bits per heavy atom. The second kappa shape index (κ2) is 7.61. The first-order chi connectivity index (χ1) is 6.81. The van der Waals surface area contributed by atoms with Gasteiger partial charge in [0.05, 0.1) is 13.0 Å². The zero-order valence-corrected chi connectivity index (χ0v) is 10.2. The molecule has 0 aromatic carbocycles. The van der Waals surface area contributed by atoms with Crippen LogP contribution in [0.5, 0.6) is 0 Å². The predicted molar refractivity (Wildman–Crippen MR) is 52.1 cm³/mol. The number of aliphatic carboxylic acids is 1. The van der Waals surface area contributed by atoms with Crippen LogP contribution in [0.25, 0.3) is 0 Å². The quantitative estimate of drug-likeness (QED) is 0.496. The van der Waals surface area contributed by atoms with Gasteiger partial charge in [-0.3, -0.25) is 9.59 Å². The molecule has 0 aliphatic heterocycles. The second-order valence-corrected chi connectivity index (χ2v) is 3.98. The van der Waals surface area contributed by atoms with Gasteiger partial charge in [0.1, 0.15) is 6.10 Å². The van der Waals surface area contributed by atoms with Gasteiger partial charge in [-0.15, -0.1) is 0 Å². The van der Waals surface area contributed by atoms with Crippen molar-refractivity contribution in [3.63, 3.8) is 0 Å². The van der Waals surface area contributed by atoms with Crippen molar-refractivity contribution in [1.82, 2.24) is 5.32 Å². The van der Waals surface area contributed by atoms with E-state index in [-0.39, 0.29) is 36.4 Å². The molecule has 1 atom stereocenters. The minimum absolute atomic E-state index is 0. The molecule has 6 nitrogen and oxygen atoms in total. The molecular formula is C9H17CoNO5. The summed E-state index contributed by atoms with van der Waals surface area (Å²) in [6.45, 7) is 2.70. The number of amides is 1. The molecule has 7 heteroatoms. The number of aliphatic hydroxyl groups is 2. The molecule has 0 saturated carbocycles. The Kier molecular flexibility index (Phi) is 8.44. The summed E-state index contributed by atoms with van der Waals surface area (Å²) in [6.07, 6.45) is -1.55. The molecule has 0 heterocycles. The van der Waals surface area contributed by atoms with Crippen LogP contribution in [-0.2, 0) is 26.4 Å². The maximum Gasteiger partial charge on any atom is 0.305 e. The third-order valence-electron chi connectivity index (χ3n) is 2.03. The van der Waals surface area contributed by atoms with Crippen molar-refractivity contribution in [2.75, 3.05) is 13.2 Å². The van der Waals surface area contributed by atoms with E-state index >= 15 is 0 Å². The molecule has 1 radical (unpaired) electrons. The van der Waals surface area contributed by atoms with Gasteiger partial charge in [-0.25, -0.2) is 0 Å². The van der Waals surface area contributed by atoms with Gasteiger partial charge < -0.3 is 20.6 Å². The van der Waals surface area contributed by atoms with Crippen LogP contribution in [0, 0.1) is 5.41 Å². The molecule has 16 heavy (non-hydrogen) atoms. The van der Waals surface area contributed by atoms with Crippen molar-refractivity contribution in [2.45, 2.75) is 26.4 Å². The van der Waals surface area contributed by atoms with Crippen LogP contribution in [0.3, 0.4) is 0 Å². The summed E-state index contributed by atoms with van der Waals surface area (Å²) in [6, 6.07) is 0. The summed E-state index contributed by atoms with van der Waals surface area (Å²) in [5.74, 6) is -1.69. The average Bonchev–Trinajstić information content (AvgIpc) is 2.15. The summed E-state index contributed by atoms with van der Waals surface area (Å²) >= 11 is 0. The molecule has 0 unspecified atom stereocenters. The summed E-state index contributed by atoms with van der Waals surface area (Å²) in [5, 5.41) is 29.0. The van der Waals surface area contributed by atoms with E-state index in [1.165, 1.54) is 13.8 Å². The Morgan fingerprint density at radius 2 is 1.88 bits per heavy atom. The predicted octanol–water partition coefficient (Wildman–Crippen LogP) is -1.05. The number of rotatable bonds is 6. The summed E-state index contributed by atoms with van der Waals surface area (Å²) < 4.78 is 0. The Hall–Kier alpha value is -0.634. The number of hydrogen-bond donors (Lipinski definition) is 4. The van der Waals surface area contributed by atoms with E-state index in [1.807, 2.05) is 0 Å². The topological polar surface area (TPSA) is 107 Å². The van der Waals surface area contributed by atoms with E-state index in [9.17, 15) is 14.7 Å². The minimum Gasteiger partial charge on any atom is -0.481 e.